The van der Waals surface area contributed by atoms with Gasteiger partial charge in [0.15, 0.2) is 0 Å². The van der Waals surface area contributed by atoms with Crippen molar-refractivity contribution < 1.29 is 9.53 Å². The lowest BCUT2D eigenvalue weighted by atomic mass is 9.89. The zero-order valence-corrected chi connectivity index (χ0v) is 18.6. The fourth-order valence-electron chi connectivity index (χ4n) is 4.87. The zero-order valence-electron chi connectivity index (χ0n) is 17.8. The van der Waals surface area contributed by atoms with E-state index in [9.17, 15) is 4.79 Å². The molecule has 0 spiro atoms. The van der Waals surface area contributed by atoms with Gasteiger partial charge in [-0.25, -0.2) is 0 Å². The number of halogens is 1. The van der Waals surface area contributed by atoms with Gasteiger partial charge in [0, 0.05) is 31.6 Å². The van der Waals surface area contributed by atoms with Gasteiger partial charge in [0.1, 0.15) is 5.75 Å². The van der Waals surface area contributed by atoms with Crippen LogP contribution in [0.25, 0.3) is 0 Å². The van der Waals surface area contributed by atoms with Crippen LogP contribution < -0.4 is 10.1 Å². The van der Waals surface area contributed by atoms with Crippen molar-refractivity contribution >= 4 is 18.3 Å². The van der Waals surface area contributed by atoms with Crippen molar-refractivity contribution in [3.8, 4) is 5.75 Å². The van der Waals surface area contributed by atoms with E-state index < -0.39 is 0 Å². The first-order valence-corrected chi connectivity index (χ1v) is 10.9. The number of nitrogens with one attached hydrogen (secondary N) is 1. The lowest BCUT2D eigenvalue weighted by Gasteiger charge is -2.31. The molecule has 30 heavy (non-hydrogen) atoms. The van der Waals surface area contributed by atoms with E-state index in [-0.39, 0.29) is 12.4 Å². The smallest absolute Gasteiger partial charge is 0.223 e. The average Bonchev–Trinajstić information content (AvgIpc) is 3.10. The van der Waals surface area contributed by atoms with Crippen LogP contribution >= 0.6 is 12.4 Å². The zero-order chi connectivity index (χ0) is 20.1. The molecule has 2 aliphatic heterocycles. The standard InChI is InChI=1S/C25H32N2O2.ClH/c1-29-24-11-7-19(8-12-24)13-14-27(18-20-5-3-2-4-6-20)25(28)17-21-15-22-9-10-23(16-21)26-22;/h2-8,11-12,21-23,26H,9-10,13-18H2,1H3;1H. The molecule has 4 nitrogen and oxygen atoms in total. The third-order valence-corrected chi connectivity index (χ3v) is 6.43. The molecular formula is C25H33ClN2O2. The molecule has 2 atom stereocenters. The van der Waals surface area contributed by atoms with Crippen molar-refractivity contribution in [3.63, 3.8) is 0 Å². The Hall–Kier alpha value is -2.04. The molecule has 2 aromatic rings. The molecule has 2 heterocycles. The van der Waals surface area contributed by atoms with Gasteiger partial charge >= 0.3 is 0 Å². The monoisotopic (exact) mass is 428 g/mol. The molecule has 0 aromatic heterocycles. The number of methoxy groups -OCH3 is 1. The number of piperidine rings is 1. The Labute approximate surface area is 186 Å². The lowest BCUT2D eigenvalue weighted by Crippen LogP contribution is -2.40. The number of hydrogen-bond acceptors (Lipinski definition) is 3. The summed E-state index contributed by atoms with van der Waals surface area (Å²) in [5.74, 6) is 1.70. The molecule has 2 aromatic carbocycles. The van der Waals surface area contributed by atoms with Crippen molar-refractivity contribution in [2.45, 2.75) is 57.2 Å². The molecule has 0 saturated carbocycles. The summed E-state index contributed by atoms with van der Waals surface area (Å²) < 4.78 is 5.25. The van der Waals surface area contributed by atoms with Crippen LogP contribution in [-0.4, -0.2) is 36.5 Å². The fourth-order valence-corrected chi connectivity index (χ4v) is 4.87. The number of fused-ring (bicyclic) bond motifs is 2. The second-order valence-electron chi connectivity index (χ2n) is 8.58. The van der Waals surface area contributed by atoms with E-state index in [4.69, 9.17) is 4.74 Å². The normalized spacial score (nSPS) is 22.2. The topological polar surface area (TPSA) is 41.6 Å². The Kier molecular flexibility index (Phi) is 8.17. The van der Waals surface area contributed by atoms with Crippen LogP contribution in [0.4, 0.5) is 0 Å². The van der Waals surface area contributed by atoms with Crippen LogP contribution in [0.1, 0.15) is 43.2 Å². The summed E-state index contributed by atoms with van der Waals surface area (Å²) in [6.45, 7) is 1.44. The van der Waals surface area contributed by atoms with Crippen LogP contribution in [0.5, 0.6) is 5.75 Å². The summed E-state index contributed by atoms with van der Waals surface area (Å²) in [5, 5.41) is 3.68. The van der Waals surface area contributed by atoms with Gasteiger partial charge < -0.3 is 15.0 Å². The van der Waals surface area contributed by atoms with Gasteiger partial charge in [-0.3, -0.25) is 4.79 Å². The number of carbonyl (C=O) groups excluding carboxylic acids is 1. The average molecular weight is 429 g/mol. The highest BCUT2D eigenvalue weighted by molar-refractivity contribution is 5.85. The summed E-state index contributed by atoms with van der Waals surface area (Å²) in [4.78, 5) is 15.3. The van der Waals surface area contributed by atoms with Gasteiger partial charge in [0.25, 0.3) is 0 Å². The fraction of sp³-hybridized carbons (Fsp3) is 0.480. The van der Waals surface area contributed by atoms with Gasteiger partial charge in [-0.15, -0.1) is 12.4 Å². The third-order valence-electron chi connectivity index (χ3n) is 6.43. The van der Waals surface area contributed by atoms with E-state index in [0.29, 0.717) is 36.9 Å². The van der Waals surface area contributed by atoms with Gasteiger partial charge in [-0.2, -0.15) is 0 Å². The number of ether oxygens (including phenoxy) is 1. The van der Waals surface area contributed by atoms with Gasteiger partial charge in [0.2, 0.25) is 5.91 Å². The van der Waals surface area contributed by atoms with E-state index in [1.165, 1.54) is 24.0 Å². The van der Waals surface area contributed by atoms with E-state index in [1.807, 2.05) is 30.3 Å². The Morgan fingerprint density at radius 1 is 1.00 bits per heavy atom. The highest BCUT2D eigenvalue weighted by Gasteiger charge is 2.34. The minimum Gasteiger partial charge on any atom is -0.497 e. The number of hydrogen-bond donors (Lipinski definition) is 1. The molecule has 0 aliphatic carbocycles. The summed E-state index contributed by atoms with van der Waals surface area (Å²) in [6, 6.07) is 19.8. The Bertz CT molecular complexity index is 785. The number of carbonyl (C=O) groups is 1. The summed E-state index contributed by atoms with van der Waals surface area (Å²) in [5.41, 5.74) is 2.43. The van der Waals surface area contributed by atoms with E-state index in [2.05, 4.69) is 34.5 Å². The largest absolute Gasteiger partial charge is 0.497 e. The maximum atomic E-state index is 13.3. The molecule has 0 radical (unpaired) electrons. The molecule has 1 amide bonds. The first-order valence-electron chi connectivity index (χ1n) is 10.9. The SMILES string of the molecule is COc1ccc(CCN(Cc2ccccc2)C(=O)CC2CC3CCC(C2)N3)cc1.Cl. The van der Waals surface area contributed by atoms with Crippen molar-refractivity contribution in [1.29, 1.82) is 0 Å². The van der Waals surface area contributed by atoms with Gasteiger partial charge in [-0.05, 0) is 61.3 Å². The predicted molar refractivity (Wildman–Crippen MR) is 123 cm³/mol. The second-order valence-corrected chi connectivity index (χ2v) is 8.58. The number of nitrogens with zero attached hydrogens (tertiary/aromatic N) is 1. The number of rotatable bonds is 8. The van der Waals surface area contributed by atoms with Crippen LogP contribution in [0.2, 0.25) is 0 Å². The molecule has 4 rings (SSSR count). The summed E-state index contributed by atoms with van der Waals surface area (Å²) >= 11 is 0. The van der Waals surface area contributed by atoms with E-state index >= 15 is 0 Å². The van der Waals surface area contributed by atoms with E-state index in [0.717, 1.165) is 31.6 Å². The molecule has 2 unspecified atom stereocenters. The molecule has 162 valence electrons. The third kappa shape index (κ3) is 5.99. The molecule has 2 bridgehead atoms. The lowest BCUT2D eigenvalue weighted by molar-refractivity contribution is -0.133. The summed E-state index contributed by atoms with van der Waals surface area (Å²) in [6.07, 6.45) is 6.41. The molecule has 2 saturated heterocycles. The quantitative estimate of drug-likeness (QED) is 0.667. The maximum absolute atomic E-state index is 13.3. The van der Waals surface area contributed by atoms with Crippen molar-refractivity contribution in [2.24, 2.45) is 5.92 Å². The first kappa shape index (κ1) is 22.6. The van der Waals surface area contributed by atoms with Gasteiger partial charge in [-0.1, -0.05) is 42.5 Å². The second kappa shape index (κ2) is 10.8. The van der Waals surface area contributed by atoms with Crippen LogP contribution in [0, 0.1) is 5.92 Å². The summed E-state index contributed by atoms with van der Waals surface area (Å²) in [7, 11) is 1.68. The number of benzene rings is 2. The molecule has 2 fully saturated rings. The highest BCUT2D eigenvalue weighted by Crippen LogP contribution is 2.33. The van der Waals surface area contributed by atoms with E-state index in [1.54, 1.807) is 7.11 Å². The molecule has 5 heteroatoms. The molecular weight excluding hydrogens is 396 g/mol. The minimum atomic E-state index is 0. The minimum absolute atomic E-state index is 0. The molecule has 1 N–H and O–H groups in total. The van der Waals surface area contributed by atoms with Crippen molar-refractivity contribution in [2.75, 3.05) is 13.7 Å². The Morgan fingerprint density at radius 3 is 2.30 bits per heavy atom. The maximum Gasteiger partial charge on any atom is 0.223 e. The number of amides is 1. The van der Waals surface area contributed by atoms with Crippen LogP contribution in [0.3, 0.4) is 0 Å². The predicted octanol–water partition coefficient (Wildman–Crippen LogP) is 4.61. The Morgan fingerprint density at radius 2 is 1.67 bits per heavy atom. The van der Waals surface area contributed by atoms with Crippen molar-refractivity contribution in [3.05, 3.63) is 65.7 Å². The Balaban J connectivity index is 0.00000256. The molecule has 2 aliphatic rings. The van der Waals surface area contributed by atoms with Crippen molar-refractivity contribution in [1.82, 2.24) is 10.2 Å². The van der Waals surface area contributed by atoms with Gasteiger partial charge in [0.05, 0.1) is 7.11 Å². The van der Waals surface area contributed by atoms with Crippen LogP contribution in [-0.2, 0) is 17.8 Å². The first-order chi connectivity index (χ1) is 14.2. The van der Waals surface area contributed by atoms with Crippen LogP contribution in [0.15, 0.2) is 54.6 Å². The highest BCUT2D eigenvalue weighted by atomic mass is 35.5.